The van der Waals surface area contributed by atoms with Gasteiger partial charge in [0.05, 0.1) is 32.2 Å². The van der Waals surface area contributed by atoms with Crippen molar-refractivity contribution in [2.24, 2.45) is 5.41 Å². The van der Waals surface area contributed by atoms with Crippen LogP contribution in [0.3, 0.4) is 0 Å². The van der Waals surface area contributed by atoms with E-state index in [-0.39, 0.29) is 16.9 Å². The monoisotopic (exact) mass is 568 g/mol. The topological polar surface area (TPSA) is 98.9 Å². The second-order valence-electron chi connectivity index (χ2n) is 11.8. The van der Waals surface area contributed by atoms with Gasteiger partial charge in [0, 0.05) is 30.6 Å². The van der Waals surface area contributed by atoms with Crippen molar-refractivity contribution in [1.29, 1.82) is 0 Å². The number of fused-ring (bicyclic) bond motifs is 1. The van der Waals surface area contributed by atoms with E-state index in [0.717, 1.165) is 55.3 Å². The lowest BCUT2D eigenvalue weighted by Crippen LogP contribution is -2.50. The van der Waals surface area contributed by atoms with Crippen molar-refractivity contribution in [3.63, 3.8) is 0 Å². The molecule has 0 bridgehead atoms. The molecule has 4 heterocycles. The summed E-state index contributed by atoms with van der Waals surface area (Å²) in [7, 11) is 1.42. The van der Waals surface area contributed by atoms with Gasteiger partial charge in [-0.3, -0.25) is 4.90 Å². The molecule has 1 fully saturated rings. The Bertz CT molecular complexity index is 1630. The predicted molar refractivity (Wildman–Crippen MR) is 158 cm³/mol. The Morgan fingerprint density at radius 1 is 1.17 bits per heavy atom. The number of pyridine rings is 1. The zero-order valence-corrected chi connectivity index (χ0v) is 24.5. The molecule has 9 nitrogen and oxygen atoms in total. The number of aryl methyl sites for hydroxylation is 1. The molecule has 4 aromatic rings. The van der Waals surface area contributed by atoms with Gasteiger partial charge in [-0.05, 0) is 53.3 Å². The molecule has 1 atom stereocenters. The summed E-state index contributed by atoms with van der Waals surface area (Å²) in [5.74, 6) is 0.647. The van der Waals surface area contributed by atoms with Gasteiger partial charge in [-0.25, -0.2) is 9.78 Å². The van der Waals surface area contributed by atoms with Gasteiger partial charge in [-0.2, -0.15) is 9.78 Å². The number of rotatable bonds is 9. The van der Waals surface area contributed by atoms with Crippen LogP contribution in [0.5, 0.6) is 11.6 Å². The molecule has 2 aliphatic heterocycles. The van der Waals surface area contributed by atoms with Crippen LogP contribution in [0.2, 0.25) is 0 Å². The second-order valence-corrected chi connectivity index (χ2v) is 11.8. The average molecular weight is 569 g/mol. The number of aromatic nitrogens is 3. The summed E-state index contributed by atoms with van der Waals surface area (Å²) < 4.78 is 18.7. The quantitative estimate of drug-likeness (QED) is 0.283. The summed E-state index contributed by atoms with van der Waals surface area (Å²) in [4.78, 5) is 18.9. The lowest BCUT2D eigenvalue weighted by Gasteiger charge is -2.44. The maximum atomic E-state index is 11.6. The zero-order valence-electron chi connectivity index (χ0n) is 24.5. The molecule has 1 saturated heterocycles. The van der Waals surface area contributed by atoms with Gasteiger partial charge >= 0.3 is 5.97 Å². The lowest BCUT2D eigenvalue weighted by atomic mass is 9.85. The SMILES string of the molecule is COc1c(C(=O)O)cnn1-c1cccc(-c2cccc(C)c2OCc2ccc3c(c2)C(C)CN(CC2(C)COC2)C3)n1. The van der Waals surface area contributed by atoms with Crippen molar-refractivity contribution in [3.05, 3.63) is 88.6 Å². The highest BCUT2D eigenvalue weighted by Gasteiger charge is 2.36. The highest BCUT2D eigenvalue weighted by atomic mass is 16.5. The van der Waals surface area contributed by atoms with Crippen LogP contribution in [0.15, 0.2) is 60.8 Å². The Morgan fingerprint density at radius 2 is 1.98 bits per heavy atom. The highest BCUT2D eigenvalue weighted by Crippen LogP contribution is 2.36. The standard InChI is InChI=1S/C33H36N4O5/c1-21-7-5-8-25(28-9-6-10-29(35-28)37-31(40-4)27(14-34-37)32(38)39)30(21)42-17-23-11-12-24-16-36(15-22(2)26(24)13-23)18-33(3)19-41-20-33/h5-14,22H,15-20H2,1-4H3,(H,38,39). The number of carbonyl (C=O) groups is 1. The Morgan fingerprint density at radius 3 is 2.71 bits per heavy atom. The minimum atomic E-state index is -1.12. The Kier molecular flexibility index (Phi) is 7.47. The summed E-state index contributed by atoms with van der Waals surface area (Å²) in [6.07, 6.45) is 1.26. The number of aromatic carboxylic acids is 1. The van der Waals surface area contributed by atoms with Gasteiger partial charge in [0.1, 0.15) is 17.9 Å². The normalized spacial score (nSPS) is 17.8. The number of ether oxygens (including phenoxy) is 3. The van der Waals surface area contributed by atoms with E-state index in [0.29, 0.717) is 24.0 Å². The number of para-hydroxylation sites is 1. The number of carboxylic acids is 1. The molecular formula is C33H36N4O5. The Hall–Kier alpha value is -4.21. The number of nitrogens with zero attached hydrogens (tertiary/aromatic N) is 4. The van der Waals surface area contributed by atoms with Crippen LogP contribution in [0.4, 0.5) is 0 Å². The molecule has 1 N–H and O–H groups in total. The van der Waals surface area contributed by atoms with E-state index < -0.39 is 5.97 Å². The third-order valence-corrected chi connectivity index (χ3v) is 8.14. The molecule has 0 spiro atoms. The first-order chi connectivity index (χ1) is 20.2. The average Bonchev–Trinajstić information content (AvgIpc) is 3.41. The zero-order chi connectivity index (χ0) is 29.4. The molecule has 0 radical (unpaired) electrons. The minimum absolute atomic E-state index is 0.0291. The highest BCUT2D eigenvalue weighted by molar-refractivity contribution is 5.90. The summed E-state index contributed by atoms with van der Waals surface area (Å²) in [6.45, 7) is 11.9. The predicted octanol–water partition coefficient (Wildman–Crippen LogP) is 5.48. The van der Waals surface area contributed by atoms with Gasteiger partial charge < -0.3 is 19.3 Å². The van der Waals surface area contributed by atoms with Crippen LogP contribution < -0.4 is 9.47 Å². The molecule has 6 rings (SSSR count). The molecular weight excluding hydrogens is 532 g/mol. The van der Waals surface area contributed by atoms with E-state index in [1.54, 1.807) is 6.07 Å². The first kappa shape index (κ1) is 27.9. The molecule has 42 heavy (non-hydrogen) atoms. The second kappa shape index (κ2) is 11.2. The first-order valence-electron chi connectivity index (χ1n) is 14.2. The fraction of sp³-hybridized carbons (Fsp3) is 0.364. The summed E-state index contributed by atoms with van der Waals surface area (Å²) in [6, 6.07) is 18.2. The molecule has 0 amide bonds. The minimum Gasteiger partial charge on any atom is -0.488 e. The largest absolute Gasteiger partial charge is 0.488 e. The number of benzene rings is 2. The van der Waals surface area contributed by atoms with Crippen LogP contribution in [-0.4, -0.2) is 64.2 Å². The smallest absolute Gasteiger partial charge is 0.342 e. The summed E-state index contributed by atoms with van der Waals surface area (Å²) in [5, 5.41) is 13.7. The third-order valence-electron chi connectivity index (χ3n) is 8.14. The van der Waals surface area contributed by atoms with E-state index in [4.69, 9.17) is 19.2 Å². The van der Waals surface area contributed by atoms with E-state index in [2.05, 4.69) is 42.0 Å². The van der Waals surface area contributed by atoms with Crippen molar-refractivity contribution in [2.45, 2.75) is 39.8 Å². The molecule has 2 aromatic carbocycles. The van der Waals surface area contributed by atoms with E-state index >= 15 is 0 Å². The molecule has 2 aliphatic rings. The van der Waals surface area contributed by atoms with Crippen molar-refractivity contribution < 1.29 is 24.1 Å². The molecule has 9 heteroatoms. The number of hydrogen-bond acceptors (Lipinski definition) is 7. The molecule has 0 aliphatic carbocycles. The molecule has 0 saturated carbocycles. The van der Waals surface area contributed by atoms with Crippen LogP contribution in [0.25, 0.3) is 17.1 Å². The fourth-order valence-corrected chi connectivity index (χ4v) is 6.07. The van der Waals surface area contributed by atoms with Crippen molar-refractivity contribution in [2.75, 3.05) is 33.4 Å². The molecule has 218 valence electrons. The van der Waals surface area contributed by atoms with Gasteiger partial charge in [0.25, 0.3) is 0 Å². The van der Waals surface area contributed by atoms with Gasteiger partial charge in [0.2, 0.25) is 5.88 Å². The first-order valence-corrected chi connectivity index (χ1v) is 14.2. The van der Waals surface area contributed by atoms with Crippen LogP contribution >= 0.6 is 0 Å². The maximum Gasteiger partial charge on any atom is 0.342 e. The summed E-state index contributed by atoms with van der Waals surface area (Å²) in [5.41, 5.74) is 6.69. The number of methoxy groups -OCH3 is 1. The van der Waals surface area contributed by atoms with Crippen molar-refractivity contribution in [3.8, 4) is 28.7 Å². The van der Waals surface area contributed by atoms with Crippen molar-refractivity contribution in [1.82, 2.24) is 19.7 Å². The Labute approximate surface area is 245 Å². The van der Waals surface area contributed by atoms with Crippen molar-refractivity contribution >= 4 is 5.97 Å². The van der Waals surface area contributed by atoms with Crippen LogP contribution in [-0.2, 0) is 17.9 Å². The fourth-order valence-electron chi connectivity index (χ4n) is 6.07. The number of hydrogen-bond donors (Lipinski definition) is 1. The third kappa shape index (κ3) is 5.37. The van der Waals surface area contributed by atoms with Crippen LogP contribution in [0, 0.1) is 12.3 Å². The number of carboxylic acid groups (broad SMARTS) is 1. The van der Waals surface area contributed by atoms with Crippen LogP contribution in [0.1, 0.15) is 52.4 Å². The summed E-state index contributed by atoms with van der Waals surface area (Å²) >= 11 is 0. The van der Waals surface area contributed by atoms with Gasteiger partial charge in [0.15, 0.2) is 5.82 Å². The maximum absolute atomic E-state index is 11.6. The van der Waals surface area contributed by atoms with E-state index in [1.165, 1.54) is 29.1 Å². The van der Waals surface area contributed by atoms with E-state index in [1.807, 2.05) is 37.3 Å². The van der Waals surface area contributed by atoms with Gasteiger partial charge in [-0.1, -0.05) is 50.2 Å². The van der Waals surface area contributed by atoms with E-state index in [9.17, 15) is 9.90 Å². The Balaban J connectivity index is 1.22. The molecule has 1 unspecified atom stereocenters. The van der Waals surface area contributed by atoms with Gasteiger partial charge in [-0.15, -0.1) is 0 Å². The molecule has 2 aromatic heterocycles. The lowest BCUT2D eigenvalue weighted by molar-refractivity contribution is -0.117.